The van der Waals surface area contributed by atoms with Gasteiger partial charge in [0.15, 0.2) is 5.17 Å². The number of non-ortho nitro benzene ring substituents is 1. The van der Waals surface area contributed by atoms with Crippen LogP contribution in [0.1, 0.15) is 5.56 Å². The van der Waals surface area contributed by atoms with Crippen LogP contribution in [0, 0.1) is 10.1 Å². The molecule has 0 amide bonds. The minimum absolute atomic E-state index is 0.0654. The first kappa shape index (κ1) is 13.6. The van der Waals surface area contributed by atoms with Crippen LogP contribution in [0.5, 0.6) is 0 Å². The third kappa shape index (κ3) is 2.87. The van der Waals surface area contributed by atoms with Crippen LogP contribution in [-0.2, 0) is 6.54 Å². The maximum Gasteiger partial charge on any atom is 0.269 e. The largest absolute Gasteiger partial charge is 0.349 e. The molecular formula is C14H12N4O2S. The average Bonchev–Trinajstić information content (AvgIpc) is 2.48. The molecule has 6 nitrogen and oxygen atoms in total. The van der Waals surface area contributed by atoms with Gasteiger partial charge in [-0.05, 0) is 30.0 Å². The van der Waals surface area contributed by atoms with E-state index in [4.69, 9.17) is 0 Å². The van der Waals surface area contributed by atoms with E-state index in [9.17, 15) is 10.1 Å². The van der Waals surface area contributed by atoms with Gasteiger partial charge in [-0.2, -0.15) is 0 Å². The molecule has 106 valence electrons. The molecule has 0 atom stereocenters. The fourth-order valence-corrected chi connectivity index (χ4v) is 2.91. The molecule has 3 rings (SSSR count). The summed E-state index contributed by atoms with van der Waals surface area (Å²) in [6, 6.07) is 10.2. The molecule has 1 aliphatic rings. The smallest absolute Gasteiger partial charge is 0.269 e. The van der Waals surface area contributed by atoms with E-state index >= 15 is 0 Å². The molecule has 7 heteroatoms. The predicted octanol–water partition coefficient (Wildman–Crippen LogP) is 3.22. The Morgan fingerprint density at radius 3 is 2.81 bits per heavy atom. The van der Waals surface area contributed by atoms with E-state index in [1.54, 1.807) is 18.3 Å². The van der Waals surface area contributed by atoms with Crippen LogP contribution in [0.2, 0.25) is 0 Å². The van der Waals surface area contributed by atoms with Crippen molar-refractivity contribution in [3.63, 3.8) is 0 Å². The highest BCUT2D eigenvalue weighted by atomic mass is 32.2. The summed E-state index contributed by atoms with van der Waals surface area (Å²) in [6.45, 7) is 0.752. The quantitative estimate of drug-likeness (QED) is 0.629. The van der Waals surface area contributed by atoms with E-state index in [0.29, 0.717) is 5.69 Å². The van der Waals surface area contributed by atoms with E-state index in [0.717, 1.165) is 16.7 Å². The maximum absolute atomic E-state index is 10.6. The van der Waals surface area contributed by atoms with Gasteiger partial charge in [-0.1, -0.05) is 6.07 Å². The van der Waals surface area contributed by atoms with Gasteiger partial charge in [0, 0.05) is 37.5 Å². The monoisotopic (exact) mass is 300 g/mol. The highest BCUT2D eigenvalue weighted by Gasteiger charge is 2.20. The molecule has 1 aromatic heterocycles. The van der Waals surface area contributed by atoms with Crippen LogP contribution >= 0.6 is 11.8 Å². The molecule has 0 fully saturated rings. The van der Waals surface area contributed by atoms with Gasteiger partial charge in [0.1, 0.15) is 5.03 Å². The van der Waals surface area contributed by atoms with Gasteiger partial charge >= 0.3 is 0 Å². The highest BCUT2D eigenvalue weighted by Crippen LogP contribution is 2.31. The Morgan fingerprint density at radius 1 is 1.33 bits per heavy atom. The topological polar surface area (TPSA) is 71.6 Å². The van der Waals surface area contributed by atoms with Crippen molar-refractivity contribution in [2.24, 2.45) is 4.99 Å². The fourth-order valence-electron chi connectivity index (χ4n) is 1.99. The molecular weight excluding hydrogens is 288 g/mol. The first-order chi connectivity index (χ1) is 10.1. The normalized spacial score (nSPS) is 15.9. The van der Waals surface area contributed by atoms with E-state index in [1.165, 1.54) is 29.5 Å². The molecule has 0 saturated heterocycles. The zero-order valence-corrected chi connectivity index (χ0v) is 12.1. The Bertz CT molecular complexity index is 715. The summed E-state index contributed by atoms with van der Waals surface area (Å²) in [5.74, 6) is 0. The molecule has 1 aliphatic heterocycles. The van der Waals surface area contributed by atoms with E-state index < -0.39 is 4.92 Å². The van der Waals surface area contributed by atoms with Crippen LogP contribution < -0.4 is 0 Å². The van der Waals surface area contributed by atoms with Gasteiger partial charge in [-0.3, -0.25) is 10.1 Å². The van der Waals surface area contributed by atoms with Crippen LogP contribution in [0.25, 0.3) is 0 Å². The molecule has 2 aromatic rings. The summed E-state index contributed by atoms with van der Waals surface area (Å²) in [5, 5.41) is 12.4. The number of aromatic nitrogens is 1. The Kier molecular flexibility index (Phi) is 3.57. The number of aliphatic imine (C=N–C) groups is 1. The number of rotatable bonds is 2. The number of hydrogen-bond donors (Lipinski definition) is 0. The Hall–Kier alpha value is -2.41. The predicted molar refractivity (Wildman–Crippen MR) is 81.8 cm³/mol. The van der Waals surface area contributed by atoms with Gasteiger partial charge in [-0.15, -0.1) is 0 Å². The molecule has 21 heavy (non-hydrogen) atoms. The number of nitro benzene ring substituents is 1. The SMILES string of the molecule is CN1Cc2cccnc2SC1=Nc1ccc([N+](=O)[O-])cc1. The average molecular weight is 300 g/mol. The van der Waals surface area contributed by atoms with Crippen LogP contribution in [0.3, 0.4) is 0 Å². The van der Waals surface area contributed by atoms with Crippen molar-refractivity contribution in [2.45, 2.75) is 11.6 Å². The molecule has 1 aromatic carbocycles. The number of thioether (sulfide) groups is 1. The number of benzene rings is 1. The standard InChI is InChI=1S/C14H12N4O2S/c1-17-9-10-3-2-8-15-13(10)21-14(17)16-11-4-6-12(7-5-11)18(19)20/h2-8H,9H2,1H3. The number of nitro groups is 1. The Morgan fingerprint density at radius 2 is 2.10 bits per heavy atom. The summed E-state index contributed by atoms with van der Waals surface area (Å²) >= 11 is 1.50. The lowest BCUT2D eigenvalue weighted by Gasteiger charge is -2.26. The number of amidine groups is 1. The lowest BCUT2D eigenvalue weighted by Crippen LogP contribution is -2.27. The van der Waals surface area contributed by atoms with Crippen LogP contribution in [0.4, 0.5) is 11.4 Å². The number of pyridine rings is 1. The van der Waals surface area contributed by atoms with Crippen molar-refractivity contribution in [1.82, 2.24) is 9.88 Å². The van der Waals surface area contributed by atoms with E-state index in [1.807, 2.05) is 18.0 Å². The third-order valence-electron chi connectivity index (χ3n) is 3.06. The first-order valence-corrected chi connectivity index (χ1v) is 7.11. The molecule has 2 heterocycles. The zero-order valence-electron chi connectivity index (χ0n) is 11.3. The summed E-state index contributed by atoms with van der Waals surface area (Å²) in [6.07, 6.45) is 1.76. The minimum Gasteiger partial charge on any atom is -0.349 e. The van der Waals surface area contributed by atoms with E-state index in [2.05, 4.69) is 16.0 Å². The number of nitrogens with zero attached hydrogens (tertiary/aromatic N) is 4. The van der Waals surface area contributed by atoms with Gasteiger partial charge in [-0.25, -0.2) is 9.98 Å². The molecule has 0 aliphatic carbocycles. The van der Waals surface area contributed by atoms with Crippen molar-refractivity contribution in [1.29, 1.82) is 0 Å². The van der Waals surface area contributed by atoms with Crippen molar-refractivity contribution in [3.05, 3.63) is 58.3 Å². The minimum atomic E-state index is -0.418. The fraction of sp³-hybridized carbons (Fsp3) is 0.143. The molecule has 0 bridgehead atoms. The summed E-state index contributed by atoms with van der Waals surface area (Å²) in [5.41, 5.74) is 1.93. The van der Waals surface area contributed by atoms with Crippen molar-refractivity contribution >= 4 is 28.3 Å². The second kappa shape index (κ2) is 5.53. The Labute approximate surface area is 125 Å². The second-order valence-corrected chi connectivity index (χ2v) is 5.55. The maximum atomic E-state index is 10.6. The lowest BCUT2D eigenvalue weighted by molar-refractivity contribution is -0.384. The molecule has 0 spiro atoms. The highest BCUT2D eigenvalue weighted by molar-refractivity contribution is 8.13. The summed E-state index contributed by atoms with van der Waals surface area (Å²) in [4.78, 5) is 21.2. The molecule has 0 saturated carbocycles. The summed E-state index contributed by atoms with van der Waals surface area (Å²) in [7, 11) is 1.97. The first-order valence-electron chi connectivity index (χ1n) is 6.29. The zero-order chi connectivity index (χ0) is 14.8. The Balaban J connectivity index is 1.88. The van der Waals surface area contributed by atoms with Crippen LogP contribution in [0.15, 0.2) is 52.6 Å². The second-order valence-electron chi connectivity index (χ2n) is 4.59. The summed E-state index contributed by atoms with van der Waals surface area (Å²) < 4.78 is 0. The van der Waals surface area contributed by atoms with Crippen molar-refractivity contribution in [2.75, 3.05) is 7.05 Å². The van der Waals surface area contributed by atoms with Gasteiger partial charge in [0.2, 0.25) is 0 Å². The molecule has 0 N–H and O–H groups in total. The number of fused-ring (bicyclic) bond motifs is 1. The lowest BCUT2D eigenvalue weighted by atomic mass is 10.3. The van der Waals surface area contributed by atoms with Crippen LogP contribution in [-0.4, -0.2) is 27.0 Å². The van der Waals surface area contributed by atoms with E-state index in [-0.39, 0.29) is 5.69 Å². The van der Waals surface area contributed by atoms with Gasteiger partial charge < -0.3 is 4.90 Å². The van der Waals surface area contributed by atoms with Crippen molar-refractivity contribution in [3.8, 4) is 0 Å². The van der Waals surface area contributed by atoms with Gasteiger partial charge in [0.25, 0.3) is 5.69 Å². The van der Waals surface area contributed by atoms with Crippen molar-refractivity contribution < 1.29 is 4.92 Å². The molecule has 0 radical (unpaired) electrons. The third-order valence-corrected chi connectivity index (χ3v) is 4.20. The molecule has 0 unspecified atom stereocenters. The van der Waals surface area contributed by atoms with Gasteiger partial charge in [0.05, 0.1) is 10.6 Å². The number of hydrogen-bond acceptors (Lipinski definition) is 5.